The summed E-state index contributed by atoms with van der Waals surface area (Å²) in [5.74, 6) is -0.375. The molecule has 0 atom stereocenters. The van der Waals surface area contributed by atoms with E-state index in [1.54, 1.807) is 6.20 Å². The number of hydrogen-bond donors (Lipinski definition) is 1. The summed E-state index contributed by atoms with van der Waals surface area (Å²) >= 11 is 1.51. The van der Waals surface area contributed by atoms with Crippen molar-refractivity contribution in [3.63, 3.8) is 0 Å². The number of hydrogen-bond acceptors (Lipinski definition) is 5. The molecule has 0 bridgehead atoms. The molecule has 0 unspecified atom stereocenters. The van der Waals surface area contributed by atoms with E-state index in [1.165, 1.54) is 17.5 Å². The zero-order valence-corrected chi connectivity index (χ0v) is 12.4. The maximum Gasteiger partial charge on any atom is 0.291 e. The van der Waals surface area contributed by atoms with Gasteiger partial charge in [-0.2, -0.15) is 0 Å². The van der Waals surface area contributed by atoms with Gasteiger partial charge < -0.3 is 4.57 Å². The summed E-state index contributed by atoms with van der Waals surface area (Å²) in [7, 11) is 1.91. The number of nitrogens with zero attached hydrogens (tertiary/aromatic N) is 4. The van der Waals surface area contributed by atoms with Crippen LogP contribution in [0.15, 0.2) is 41.8 Å². The zero-order chi connectivity index (χ0) is 14.8. The Hall–Kier alpha value is -2.54. The molecule has 1 amide bonds. The number of aryl methyl sites for hydroxylation is 2. The fourth-order valence-corrected chi connectivity index (χ4v) is 2.83. The molecule has 0 spiro atoms. The quantitative estimate of drug-likeness (QED) is 0.730. The van der Waals surface area contributed by atoms with Crippen LogP contribution in [-0.4, -0.2) is 20.4 Å². The van der Waals surface area contributed by atoms with Gasteiger partial charge in [0.2, 0.25) is 4.80 Å². The fourth-order valence-electron chi connectivity index (χ4n) is 1.85. The van der Waals surface area contributed by atoms with Crippen molar-refractivity contribution in [2.24, 2.45) is 12.1 Å². The number of para-hydroxylation sites is 1. The molecule has 3 rings (SSSR count). The van der Waals surface area contributed by atoms with E-state index in [2.05, 4.69) is 20.5 Å². The first-order valence-corrected chi connectivity index (χ1v) is 7.14. The summed E-state index contributed by atoms with van der Waals surface area (Å²) in [6.45, 7) is 1.82. The van der Waals surface area contributed by atoms with Gasteiger partial charge >= 0.3 is 0 Å². The third-order valence-corrected chi connectivity index (χ3v) is 4.09. The Kier molecular flexibility index (Phi) is 3.49. The van der Waals surface area contributed by atoms with Gasteiger partial charge in [-0.25, -0.2) is 10.4 Å². The molecule has 0 saturated heterocycles. The number of fused-ring (bicyclic) bond motifs is 1. The molecule has 0 aliphatic heterocycles. The molecule has 21 heavy (non-hydrogen) atoms. The first-order valence-electron chi connectivity index (χ1n) is 6.32. The molecule has 2 aromatic heterocycles. The van der Waals surface area contributed by atoms with Crippen molar-refractivity contribution in [1.82, 2.24) is 20.0 Å². The lowest BCUT2D eigenvalue weighted by atomic mass is 10.3. The number of aromatic nitrogens is 3. The zero-order valence-electron chi connectivity index (χ0n) is 11.6. The number of benzene rings is 1. The van der Waals surface area contributed by atoms with Crippen LogP contribution in [0.3, 0.4) is 0 Å². The first-order chi connectivity index (χ1) is 10.1. The standard InChI is InChI=1S/C14H13N5OS/c1-9-7-16-10(8-15-9)13(20)17-18-14-19(2)11-5-3-4-6-12(11)21-14/h3-8H,1-2H3,(H,17,20)/b18-14-. The Morgan fingerprint density at radius 1 is 1.29 bits per heavy atom. The van der Waals surface area contributed by atoms with E-state index in [0.29, 0.717) is 4.80 Å². The molecule has 1 N–H and O–H groups in total. The number of thiazole rings is 1. The van der Waals surface area contributed by atoms with Crippen molar-refractivity contribution in [2.45, 2.75) is 6.92 Å². The molecule has 0 fully saturated rings. The second-order valence-electron chi connectivity index (χ2n) is 4.51. The van der Waals surface area contributed by atoms with E-state index >= 15 is 0 Å². The molecule has 7 heteroatoms. The van der Waals surface area contributed by atoms with Crippen LogP contribution in [0, 0.1) is 6.92 Å². The molecule has 1 aromatic carbocycles. The molecular weight excluding hydrogens is 286 g/mol. The van der Waals surface area contributed by atoms with E-state index in [4.69, 9.17) is 0 Å². The largest absolute Gasteiger partial charge is 0.318 e. The Bertz CT molecular complexity index is 863. The van der Waals surface area contributed by atoms with E-state index in [0.717, 1.165) is 15.9 Å². The van der Waals surface area contributed by atoms with Crippen molar-refractivity contribution in [3.8, 4) is 0 Å². The molecule has 0 saturated carbocycles. The van der Waals surface area contributed by atoms with Gasteiger partial charge in [0, 0.05) is 13.2 Å². The predicted octanol–water partition coefficient (Wildman–Crippen LogP) is 1.58. The monoisotopic (exact) mass is 299 g/mol. The number of rotatable bonds is 2. The van der Waals surface area contributed by atoms with Gasteiger partial charge in [0.25, 0.3) is 5.91 Å². The second-order valence-corrected chi connectivity index (χ2v) is 5.52. The van der Waals surface area contributed by atoms with Gasteiger partial charge in [0.1, 0.15) is 5.69 Å². The van der Waals surface area contributed by atoms with Crippen molar-refractivity contribution in [3.05, 3.63) is 52.8 Å². The summed E-state index contributed by atoms with van der Waals surface area (Å²) in [5, 5.41) is 4.16. The van der Waals surface area contributed by atoms with Gasteiger partial charge in [0.15, 0.2) is 0 Å². The maximum atomic E-state index is 11.9. The highest BCUT2D eigenvalue weighted by atomic mass is 32.1. The van der Waals surface area contributed by atoms with E-state index < -0.39 is 0 Å². The lowest BCUT2D eigenvalue weighted by Gasteiger charge is -1.98. The van der Waals surface area contributed by atoms with Crippen molar-refractivity contribution < 1.29 is 4.79 Å². The van der Waals surface area contributed by atoms with Crippen molar-refractivity contribution in [1.29, 1.82) is 0 Å². The highest BCUT2D eigenvalue weighted by Crippen LogP contribution is 2.14. The maximum absolute atomic E-state index is 11.9. The summed E-state index contributed by atoms with van der Waals surface area (Å²) in [4.78, 5) is 20.7. The van der Waals surface area contributed by atoms with E-state index in [1.807, 2.05) is 42.8 Å². The van der Waals surface area contributed by atoms with Crippen LogP contribution in [-0.2, 0) is 7.05 Å². The Morgan fingerprint density at radius 2 is 2.10 bits per heavy atom. The number of amides is 1. The second kappa shape index (κ2) is 5.45. The summed E-state index contributed by atoms with van der Waals surface area (Å²) < 4.78 is 3.05. The van der Waals surface area contributed by atoms with Crippen molar-refractivity contribution in [2.75, 3.05) is 0 Å². The lowest BCUT2D eigenvalue weighted by molar-refractivity contribution is 0.0947. The predicted molar refractivity (Wildman–Crippen MR) is 80.6 cm³/mol. The van der Waals surface area contributed by atoms with Crippen LogP contribution < -0.4 is 10.2 Å². The average Bonchev–Trinajstić information content (AvgIpc) is 2.82. The Labute approximate surface area is 124 Å². The molecule has 106 valence electrons. The third kappa shape index (κ3) is 2.68. The lowest BCUT2D eigenvalue weighted by Crippen LogP contribution is -2.24. The Morgan fingerprint density at radius 3 is 2.81 bits per heavy atom. The molecular formula is C14H13N5OS. The average molecular weight is 299 g/mol. The van der Waals surface area contributed by atoms with Crippen LogP contribution >= 0.6 is 11.3 Å². The molecule has 0 radical (unpaired) electrons. The fraction of sp³-hybridized carbons (Fsp3) is 0.143. The van der Waals surface area contributed by atoms with E-state index in [-0.39, 0.29) is 11.6 Å². The highest BCUT2D eigenvalue weighted by molar-refractivity contribution is 7.16. The van der Waals surface area contributed by atoms with Crippen LogP contribution in [0.25, 0.3) is 10.2 Å². The minimum atomic E-state index is -0.375. The molecule has 0 aliphatic carbocycles. The van der Waals surface area contributed by atoms with Crippen molar-refractivity contribution >= 4 is 27.5 Å². The topological polar surface area (TPSA) is 72.2 Å². The number of carbonyl (C=O) groups is 1. The summed E-state index contributed by atoms with van der Waals surface area (Å²) in [6, 6.07) is 7.98. The van der Waals surface area contributed by atoms with Crippen LogP contribution in [0.1, 0.15) is 16.2 Å². The SMILES string of the molecule is Cc1cnc(C(=O)N/N=c2\sc3ccccc3n2C)cn1. The first kappa shape index (κ1) is 13.4. The summed E-state index contributed by atoms with van der Waals surface area (Å²) in [6.07, 6.45) is 2.99. The smallest absolute Gasteiger partial charge is 0.291 e. The highest BCUT2D eigenvalue weighted by Gasteiger charge is 2.07. The van der Waals surface area contributed by atoms with Crippen LogP contribution in [0.5, 0.6) is 0 Å². The normalized spacial score (nSPS) is 11.8. The van der Waals surface area contributed by atoms with Gasteiger partial charge in [-0.3, -0.25) is 9.78 Å². The van der Waals surface area contributed by atoms with Crippen LogP contribution in [0.4, 0.5) is 0 Å². The molecule has 6 nitrogen and oxygen atoms in total. The Balaban J connectivity index is 1.89. The van der Waals surface area contributed by atoms with E-state index in [9.17, 15) is 4.79 Å². The van der Waals surface area contributed by atoms with Gasteiger partial charge in [-0.1, -0.05) is 23.5 Å². The molecule has 2 heterocycles. The van der Waals surface area contributed by atoms with Gasteiger partial charge in [-0.05, 0) is 19.1 Å². The number of carbonyl (C=O) groups excluding carboxylic acids is 1. The van der Waals surface area contributed by atoms with Gasteiger partial charge in [-0.15, -0.1) is 5.10 Å². The number of nitrogens with one attached hydrogen (secondary N) is 1. The summed E-state index contributed by atoms with van der Waals surface area (Å²) in [5.41, 5.74) is 4.59. The third-order valence-electron chi connectivity index (χ3n) is 2.98. The molecule has 0 aliphatic rings. The molecule has 3 aromatic rings. The van der Waals surface area contributed by atoms with Crippen LogP contribution in [0.2, 0.25) is 0 Å². The minimum Gasteiger partial charge on any atom is -0.318 e. The minimum absolute atomic E-state index is 0.244. The van der Waals surface area contributed by atoms with Gasteiger partial charge in [0.05, 0.1) is 22.1 Å².